The van der Waals surface area contributed by atoms with Gasteiger partial charge in [-0.1, -0.05) is 25.3 Å². The third kappa shape index (κ3) is 6.42. The highest BCUT2D eigenvalue weighted by Crippen LogP contribution is 2.10. The van der Waals surface area contributed by atoms with E-state index in [1.807, 2.05) is 6.08 Å². The molecule has 0 aliphatic carbocycles. The second kappa shape index (κ2) is 9.15. The Morgan fingerprint density at radius 1 is 1.38 bits per heavy atom. The van der Waals surface area contributed by atoms with E-state index < -0.39 is 18.0 Å². The molecule has 0 radical (unpaired) electrons. The second-order valence-corrected chi connectivity index (χ2v) is 5.40. The minimum atomic E-state index is -0.658. The fourth-order valence-corrected chi connectivity index (χ4v) is 2.36. The number of unbranched alkanes of at least 4 members (excludes halogenated alkanes) is 4. The van der Waals surface area contributed by atoms with Gasteiger partial charge in [0.05, 0.1) is 0 Å². The van der Waals surface area contributed by atoms with Crippen LogP contribution in [0.4, 0.5) is 0 Å². The van der Waals surface area contributed by atoms with Crippen LogP contribution >= 0.6 is 0 Å². The van der Waals surface area contributed by atoms with Gasteiger partial charge < -0.3 is 16.4 Å². The number of allylic oxidation sites excluding steroid dienone is 1. The Labute approximate surface area is 125 Å². The number of amides is 3. The molecule has 0 aromatic rings. The molecule has 1 saturated heterocycles. The summed E-state index contributed by atoms with van der Waals surface area (Å²) in [6, 6.07) is -1.19. The number of primary amides is 1. The zero-order valence-electron chi connectivity index (χ0n) is 12.4. The molecule has 6 heteroatoms. The first-order valence-electron chi connectivity index (χ1n) is 7.54. The van der Waals surface area contributed by atoms with Gasteiger partial charge in [-0.15, -0.1) is 6.58 Å². The maximum atomic E-state index is 11.9. The van der Waals surface area contributed by atoms with Crippen LogP contribution in [0.25, 0.3) is 0 Å². The van der Waals surface area contributed by atoms with Crippen molar-refractivity contribution in [2.24, 2.45) is 5.73 Å². The van der Waals surface area contributed by atoms with E-state index >= 15 is 0 Å². The Morgan fingerprint density at radius 3 is 2.67 bits per heavy atom. The molecule has 2 atom stereocenters. The SMILES string of the molecule is C=CCCCCCC[C@@H](NC(=O)[C@H]1CCC(=O)N1)C(N)=O. The molecule has 1 aliphatic rings. The van der Waals surface area contributed by atoms with E-state index in [0.29, 0.717) is 19.3 Å². The molecule has 0 aromatic heterocycles. The summed E-state index contributed by atoms with van der Waals surface area (Å²) in [7, 11) is 0. The van der Waals surface area contributed by atoms with Gasteiger partial charge >= 0.3 is 0 Å². The summed E-state index contributed by atoms with van der Waals surface area (Å²) in [5.74, 6) is -0.983. The smallest absolute Gasteiger partial charge is 0.243 e. The normalized spacial score (nSPS) is 18.9. The quantitative estimate of drug-likeness (QED) is 0.409. The molecule has 0 unspecified atom stereocenters. The van der Waals surface area contributed by atoms with Gasteiger partial charge in [0, 0.05) is 6.42 Å². The van der Waals surface area contributed by atoms with Crippen LogP contribution in [-0.2, 0) is 14.4 Å². The summed E-state index contributed by atoms with van der Waals surface area (Å²) in [6.07, 6.45) is 8.24. The van der Waals surface area contributed by atoms with E-state index in [1.165, 1.54) is 0 Å². The highest BCUT2D eigenvalue weighted by Gasteiger charge is 2.29. The Morgan fingerprint density at radius 2 is 2.10 bits per heavy atom. The number of hydrogen-bond acceptors (Lipinski definition) is 3. The molecule has 1 fully saturated rings. The van der Waals surface area contributed by atoms with Crippen LogP contribution in [-0.4, -0.2) is 29.8 Å². The zero-order chi connectivity index (χ0) is 15.7. The first kappa shape index (κ1) is 17.2. The highest BCUT2D eigenvalue weighted by atomic mass is 16.2. The lowest BCUT2D eigenvalue weighted by molar-refractivity contribution is -0.129. The van der Waals surface area contributed by atoms with Crippen molar-refractivity contribution in [3.8, 4) is 0 Å². The summed E-state index contributed by atoms with van der Waals surface area (Å²) in [5.41, 5.74) is 5.32. The average molecular weight is 295 g/mol. The molecule has 118 valence electrons. The second-order valence-electron chi connectivity index (χ2n) is 5.40. The van der Waals surface area contributed by atoms with Gasteiger partial charge in [0.15, 0.2) is 0 Å². The van der Waals surface area contributed by atoms with Gasteiger partial charge in [0.25, 0.3) is 0 Å². The number of carbonyl (C=O) groups is 3. The van der Waals surface area contributed by atoms with Gasteiger partial charge in [-0.3, -0.25) is 14.4 Å². The van der Waals surface area contributed by atoms with Crippen LogP contribution in [0.5, 0.6) is 0 Å². The minimum Gasteiger partial charge on any atom is -0.368 e. The summed E-state index contributed by atoms with van der Waals surface area (Å²) < 4.78 is 0. The molecule has 0 saturated carbocycles. The van der Waals surface area contributed by atoms with Crippen molar-refractivity contribution >= 4 is 17.7 Å². The molecule has 6 nitrogen and oxygen atoms in total. The Hall–Kier alpha value is -1.85. The average Bonchev–Trinajstić information content (AvgIpc) is 2.87. The van der Waals surface area contributed by atoms with Crippen molar-refractivity contribution in [1.29, 1.82) is 0 Å². The molecule has 21 heavy (non-hydrogen) atoms. The number of nitrogens with two attached hydrogens (primary N) is 1. The van der Waals surface area contributed by atoms with E-state index in [-0.39, 0.29) is 11.8 Å². The largest absolute Gasteiger partial charge is 0.368 e. The number of nitrogens with one attached hydrogen (secondary N) is 2. The predicted molar refractivity (Wildman–Crippen MR) is 80.2 cm³/mol. The number of hydrogen-bond donors (Lipinski definition) is 3. The monoisotopic (exact) mass is 295 g/mol. The maximum absolute atomic E-state index is 11.9. The summed E-state index contributed by atoms with van der Waals surface area (Å²) in [6.45, 7) is 3.67. The highest BCUT2D eigenvalue weighted by molar-refractivity contribution is 5.93. The van der Waals surface area contributed by atoms with Crippen molar-refractivity contribution in [2.45, 2.75) is 63.5 Å². The predicted octanol–water partition coefficient (Wildman–Crippen LogP) is 0.762. The van der Waals surface area contributed by atoms with Gasteiger partial charge in [-0.2, -0.15) is 0 Å². The van der Waals surface area contributed by atoms with Crippen molar-refractivity contribution in [3.05, 3.63) is 12.7 Å². The van der Waals surface area contributed by atoms with Crippen molar-refractivity contribution in [1.82, 2.24) is 10.6 Å². The molecule has 4 N–H and O–H groups in total. The van der Waals surface area contributed by atoms with Crippen LogP contribution in [0, 0.1) is 0 Å². The number of carbonyl (C=O) groups excluding carboxylic acids is 3. The molecular formula is C15H25N3O3. The van der Waals surface area contributed by atoms with Gasteiger partial charge in [0.2, 0.25) is 17.7 Å². The fourth-order valence-electron chi connectivity index (χ4n) is 2.36. The molecule has 1 aliphatic heterocycles. The first-order chi connectivity index (χ1) is 10.0. The zero-order valence-corrected chi connectivity index (χ0v) is 12.4. The Bertz CT molecular complexity index is 396. The molecule has 3 amide bonds. The van der Waals surface area contributed by atoms with Gasteiger partial charge in [-0.05, 0) is 25.7 Å². The van der Waals surface area contributed by atoms with Gasteiger partial charge in [-0.25, -0.2) is 0 Å². The molecular weight excluding hydrogens is 270 g/mol. The standard InChI is InChI=1S/C15H25N3O3/c1-2-3-4-5-6-7-8-11(14(16)20)18-15(21)12-9-10-13(19)17-12/h2,11-12H,1,3-10H2,(H2,16,20)(H,17,19)(H,18,21)/t11-,12-/m1/s1. The van der Waals surface area contributed by atoms with E-state index in [9.17, 15) is 14.4 Å². The molecule has 0 bridgehead atoms. The minimum absolute atomic E-state index is 0.131. The molecule has 1 rings (SSSR count). The maximum Gasteiger partial charge on any atom is 0.243 e. The Kier molecular flexibility index (Phi) is 7.50. The third-order valence-corrected chi connectivity index (χ3v) is 3.62. The molecule has 1 heterocycles. The third-order valence-electron chi connectivity index (χ3n) is 3.62. The van der Waals surface area contributed by atoms with Crippen LogP contribution in [0.2, 0.25) is 0 Å². The summed E-state index contributed by atoms with van der Waals surface area (Å²) >= 11 is 0. The van der Waals surface area contributed by atoms with Crippen LogP contribution in [0.3, 0.4) is 0 Å². The summed E-state index contributed by atoms with van der Waals surface area (Å²) in [4.78, 5) is 34.4. The van der Waals surface area contributed by atoms with E-state index in [0.717, 1.165) is 32.1 Å². The lowest BCUT2D eigenvalue weighted by Gasteiger charge is -2.18. The molecule has 0 spiro atoms. The van der Waals surface area contributed by atoms with Crippen LogP contribution < -0.4 is 16.4 Å². The van der Waals surface area contributed by atoms with E-state index in [2.05, 4.69) is 17.2 Å². The fraction of sp³-hybridized carbons (Fsp3) is 0.667. The van der Waals surface area contributed by atoms with Crippen molar-refractivity contribution in [2.75, 3.05) is 0 Å². The van der Waals surface area contributed by atoms with Gasteiger partial charge in [0.1, 0.15) is 12.1 Å². The van der Waals surface area contributed by atoms with Crippen LogP contribution in [0.15, 0.2) is 12.7 Å². The van der Waals surface area contributed by atoms with Crippen molar-refractivity contribution in [3.63, 3.8) is 0 Å². The van der Waals surface area contributed by atoms with Crippen molar-refractivity contribution < 1.29 is 14.4 Å². The Balaban J connectivity index is 2.29. The van der Waals surface area contributed by atoms with E-state index in [1.54, 1.807) is 0 Å². The van der Waals surface area contributed by atoms with Crippen LogP contribution in [0.1, 0.15) is 51.4 Å². The molecule has 0 aromatic carbocycles. The lowest BCUT2D eigenvalue weighted by Crippen LogP contribution is -2.50. The topological polar surface area (TPSA) is 101 Å². The van der Waals surface area contributed by atoms with E-state index in [4.69, 9.17) is 5.73 Å². The lowest BCUT2D eigenvalue weighted by atomic mass is 10.1. The number of rotatable bonds is 10. The summed E-state index contributed by atoms with van der Waals surface area (Å²) in [5, 5.41) is 5.21. The first-order valence-corrected chi connectivity index (χ1v) is 7.54.